The lowest BCUT2D eigenvalue weighted by Crippen LogP contribution is -2.34. The van der Waals surface area contributed by atoms with Crippen molar-refractivity contribution in [1.82, 2.24) is 5.32 Å². The minimum absolute atomic E-state index is 0.0647. The van der Waals surface area contributed by atoms with Crippen molar-refractivity contribution in [2.45, 2.75) is 57.8 Å². The zero-order valence-electron chi connectivity index (χ0n) is 12.8. The van der Waals surface area contributed by atoms with Gasteiger partial charge in [-0.2, -0.15) is 0 Å². The van der Waals surface area contributed by atoms with Gasteiger partial charge in [0, 0.05) is 6.54 Å². The zero-order valence-corrected chi connectivity index (χ0v) is 12.8. The summed E-state index contributed by atoms with van der Waals surface area (Å²) in [6, 6.07) is 0. The van der Waals surface area contributed by atoms with Gasteiger partial charge in [-0.25, -0.2) is 0 Å². The van der Waals surface area contributed by atoms with E-state index in [2.05, 4.69) is 5.32 Å². The molecule has 3 aliphatic rings. The molecule has 0 aromatic carbocycles. The van der Waals surface area contributed by atoms with E-state index < -0.39 is 0 Å². The Hall–Kier alpha value is -1.06. The molecule has 3 aliphatic carbocycles. The lowest BCUT2D eigenvalue weighted by molar-refractivity contribution is -0.154. The summed E-state index contributed by atoms with van der Waals surface area (Å²) in [5.41, 5.74) is 0. The first-order valence-electron chi connectivity index (χ1n) is 8.65. The lowest BCUT2D eigenvalue weighted by Gasteiger charge is -2.22. The highest BCUT2D eigenvalue weighted by molar-refractivity contribution is 5.81. The standard InChI is InChI=1S/C17H27NO3/c19-16(18-10-12-4-2-1-3-5-12)11-21-17(20)15-9-13-6-7-14(15)8-13/h12-15H,1-11H2,(H,18,19). The molecule has 0 saturated heterocycles. The highest BCUT2D eigenvalue weighted by atomic mass is 16.5. The Morgan fingerprint density at radius 1 is 1.00 bits per heavy atom. The maximum atomic E-state index is 12.0. The number of hydrogen-bond donors (Lipinski definition) is 1. The number of nitrogens with one attached hydrogen (secondary N) is 1. The summed E-state index contributed by atoms with van der Waals surface area (Å²) in [5, 5.41) is 2.92. The fourth-order valence-electron chi connectivity index (χ4n) is 4.48. The van der Waals surface area contributed by atoms with E-state index in [-0.39, 0.29) is 24.4 Å². The normalized spacial score (nSPS) is 32.1. The summed E-state index contributed by atoms with van der Waals surface area (Å²) in [5.74, 6) is 1.64. The van der Waals surface area contributed by atoms with E-state index in [1.165, 1.54) is 44.9 Å². The number of carbonyl (C=O) groups excluding carboxylic acids is 2. The molecule has 0 spiro atoms. The van der Waals surface area contributed by atoms with Gasteiger partial charge >= 0.3 is 5.97 Å². The van der Waals surface area contributed by atoms with Crippen LogP contribution in [0, 0.1) is 23.7 Å². The molecule has 0 aromatic rings. The molecule has 1 amide bonds. The number of rotatable bonds is 5. The summed E-state index contributed by atoms with van der Waals surface area (Å²) >= 11 is 0. The molecular formula is C17H27NO3. The largest absolute Gasteiger partial charge is 0.455 e. The SMILES string of the molecule is O=C(COC(=O)C1CC2CCC1C2)NCC1CCCCC1. The second kappa shape index (κ2) is 6.80. The summed E-state index contributed by atoms with van der Waals surface area (Å²) < 4.78 is 5.23. The van der Waals surface area contributed by atoms with Gasteiger partial charge in [0.15, 0.2) is 6.61 Å². The highest BCUT2D eigenvalue weighted by Gasteiger charge is 2.43. The van der Waals surface area contributed by atoms with Gasteiger partial charge < -0.3 is 10.1 Å². The molecule has 4 heteroatoms. The minimum atomic E-state index is -0.144. The third kappa shape index (κ3) is 3.78. The predicted octanol–water partition coefficient (Wildman–Crippen LogP) is 2.66. The van der Waals surface area contributed by atoms with Crippen molar-refractivity contribution in [3.8, 4) is 0 Å². The van der Waals surface area contributed by atoms with Crippen molar-refractivity contribution < 1.29 is 14.3 Å². The van der Waals surface area contributed by atoms with Gasteiger partial charge in [0.05, 0.1) is 5.92 Å². The van der Waals surface area contributed by atoms with E-state index in [1.54, 1.807) is 0 Å². The van der Waals surface area contributed by atoms with E-state index >= 15 is 0 Å². The quantitative estimate of drug-likeness (QED) is 0.793. The Morgan fingerprint density at radius 2 is 1.81 bits per heavy atom. The number of fused-ring (bicyclic) bond motifs is 2. The molecule has 0 radical (unpaired) electrons. The Bertz CT molecular complexity index is 389. The molecule has 3 saturated carbocycles. The van der Waals surface area contributed by atoms with Crippen molar-refractivity contribution in [3.05, 3.63) is 0 Å². The van der Waals surface area contributed by atoms with Crippen molar-refractivity contribution in [2.24, 2.45) is 23.7 Å². The number of amides is 1. The molecule has 0 aliphatic heterocycles. The van der Waals surface area contributed by atoms with Crippen LogP contribution in [0.25, 0.3) is 0 Å². The molecule has 0 heterocycles. The highest BCUT2D eigenvalue weighted by Crippen LogP contribution is 2.48. The predicted molar refractivity (Wildman–Crippen MR) is 79.5 cm³/mol. The maximum Gasteiger partial charge on any atom is 0.309 e. The van der Waals surface area contributed by atoms with Crippen molar-refractivity contribution in [3.63, 3.8) is 0 Å². The molecule has 3 rings (SSSR count). The van der Waals surface area contributed by atoms with Crippen LogP contribution in [0.15, 0.2) is 0 Å². The molecule has 21 heavy (non-hydrogen) atoms. The summed E-state index contributed by atoms with van der Waals surface area (Å²) in [6.45, 7) is 0.643. The van der Waals surface area contributed by atoms with E-state index in [0.717, 1.165) is 25.3 Å². The smallest absolute Gasteiger partial charge is 0.309 e. The fourth-order valence-corrected chi connectivity index (χ4v) is 4.48. The van der Waals surface area contributed by atoms with Gasteiger partial charge in [-0.15, -0.1) is 0 Å². The Morgan fingerprint density at radius 3 is 2.48 bits per heavy atom. The lowest BCUT2D eigenvalue weighted by atomic mass is 9.89. The summed E-state index contributed by atoms with van der Waals surface area (Å²) in [6.07, 6.45) is 10.9. The van der Waals surface area contributed by atoms with Gasteiger partial charge in [-0.1, -0.05) is 25.7 Å². The second-order valence-corrected chi connectivity index (χ2v) is 7.20. The monoisotopic (exact) mass is 293 g/mol. The molecule has 3 unspecified atom stereocenters. The van der Waals surface area contributed by atoms with Crippen LogP contribution in [0.4, 0.5) is 0 Å². The first kappa shape index (κ1) is 14.9. The summed E-state index contributed by atoms with van der Waals surface area (Å²) in [4.78, 5) is 23.8. The van der Waals surface area contributed by atoms with Crippen LogP contribution < -0.4 is 5.32 Å². The van der Waals surface area contributed by atoms with Crippen LogP contribution in [0.5, 0.6) is 0 Å². The van der Waals surface area contributed by atoms with Gasteiger partial charge in [-0.05, 0) is 49.9 Å². The zero-order chi connectivity index (χ0) is 14.7. The second-order valence-electron chi connectivity index (χ2n) is 7.20. The molecule has 4 nitrogen and oxygen atoms in total. The van der Waals surface area contributed by atoms with Gasteiger partial charge in [0.2, 0.25) is 0 Å². The Kier molecular flexibility index (Phi) is 4.81. The minimum Gasteiger partial charge on any atom is -0.455 e. The fraction of sp³-hybridized carbons (Fsp3) is 0.882. The molecule has 1 N–H and O–H groups in total. The summed E-state index contributed by atoms with van der Waals surface area (Å²) in [7, 11) is 0. The average molecular weight is 293 g/mol. The molecule has 3 fully saturated rings. The molecule has 3 atom stereocenters. The van der Waals surface area contributed by atoms with Gasteiger partial charge in [-0.3, -0.25) is 9.59 Å². The van der Waals surface area contributed by atoms with Crippen LogP contribution >= 0.6 is 0 Å². The number of ether oxygens (including phenoxy) is 1. The first-order chi connectivity index (χ1) is 10.2. The molecular weight excluding hydrogens is 266 g/mol. The molecule has 2 bridgehead atoms. The van der Waals surface area contributed by atoms with Gasteiger partial charge in [0.1, 0.15) is 0 Å². The average Bonchev–Trinajstić information content (AvgIpc) is 3.14. The number of carbonyl (C=O) groups is 2. The molecule has 118 valence electrons. The van der Waals surface area contributed by atoms with Crippen molar-refractivity contribution in [1.29, 1.82) is 0 Å². The van der Waals surface area contributed by atoms with Crippen LogP contribution in [0.3, 0.4) is 0 Å². The third-order valence-corrected chi connectivity index (χ3v) is 5.70. The van der Waals surface area contributed by atoms with E-state index in [4.69, 9.17) is 4.74 Å². The number of esters is 1. The number of hydrogen-bond acceptors (Lipinski definition) is 3. The van der Waals surface area contributed by atoms with E-state index in [9.17, 15) is 9.59 Å². The third-order valence-electron chi connectivity index (χ3n) is 5.70. The first-order valence-corrected chi connectivity index (χ1v) is 8.65. The van der Waals surface area contributed by atoms with Gasteiger partial charge in [0.25, 0.3) is 5.91 Å². The van der Waals surface area contributed by atoms with Crippen LogP contribution in [0.2, 0.25) is 0 Å². The van der Waals surface area contributed by atoms with Crippen molar-refractivity contribution in [2.75, 3.05) is 13.2 Å². The van der Waals surface area contributed by atoms with E-state index in [0.29, 0.717) is 11.8 Å². The van der Waals surface area contributed by atoms with Crippen LogP contribution in [-0.4, -0.2) is 25.0 Å². The van der Waals surface area contributed by atoms with Crippen LogP contribution in [0.1, 0.15) is 57.8 Å². The Balaban J connectivity index is 1.32. The van der Waals surface area contributed by atoms with Crippen LogP contribution in [-0.2, 0) is 14.3 Å². The topological polar surface area (TPSA) is 55.4 Å². The van der Waals surface area contributed by atoms with Crippen molar-refractivity contribution >= 4 is 11.9 Å². The van der Waals surface area contributed by atoms with E-state index in [1.807, 2.05) is 0 Å². The molecule has 0 aromatic heterocycles. The maximum absolute atomic E-state index is 12.0. The Labute approximate surface area is 127 Å².